The number of methoxy groups -OCH3 is 1. The smallest absolute Gasteiger partial charge is 0.261 e. The molecule has 1 N–H and O–H groups in total. The first-order valence-corrected chi connectivity index (χ1v) is 16.9. The average molecular weight is 651 g/mol. The van der Waals surface area contributed by atoms with E-state index in [1.165, 1.54) is 28.7 Å². The lowest BCUT2D eigenvalue weighted by molar-refractivity contribution is -0.130. The van der Waals surface area contributed by atoms with Gasteiger partial charge in [-0.25, -0.2) is 5.01 Å². The van der Waals surface area contributed by atoms with Crippen LogP contribution in [0.1, 0.15) is 50.2 Å². The van der Waals surface area contributed by atoms with Gasteiger partial charge in [-0.15, -0.1) is 21.5 Å². The minimum atomic E-state index is -0.218. The van der Waals surface area contributed by atoms with Crippen molar-refractivity contribution in [1.82, 2.24) is 25.1 Å². The fourth-order valence-corrected chi connectivity index (χ4v) is 6.74. The largest absolute Gasteiger partial charge is 0.497 e. The van der Waals surface area contributed by atoms with Crippen LogP contribution in [0.5, 0.6) is 5.75 Å². The van der Waals surface area contributed by atoms with Crippen molar-refractivity contribution in [3.8, 4) is 5.75 Å². The fourth-order valence-electron chi connectivity index (χ4n) is 5.26. The second-order valence-corrected chi connectivity index (χ2v) is 12.8. The molecular weight excluding hydrogens is 617 g/mol. The molecule has 3 heterocycles. The monoisotopic (exact) mass is 650 g/mol. The van der Waals surface area contributed by atoms with Gasteiger partial charge in [-0.1, -0.05) is 78.0 Å². The van der Waals surface area contributed by atoms with Gasteiger partial charge in [0.2, 0.25) is 0 Å². The van der Waals surface area contributed by atoms with E-state index in [1.54, 1.807) is 18.2 Å². The van der Waals surface area contributed by atoms with Crippen LogP contribution in [0.2, 0.25) is 0 Å². The van der Waals surface area contributed by atoms with Crippen LogP contribution >= 0.6 is 23.1 Å². The van der Waals surface area contributed by atoms with Gasteiger partial charge in [0.05, 0.1) is 36.0 Å². The molecule has 0 aliphatic carbocycles. The standard InChI is InChI=1S/C35H34N6O3S2/c1-24-10-12-27(13-11-24)30-21-29(26-14-16-28(44-2)17-15-26)39-41(30)33(42)23-46-35-38-37-32(22-36-34(43)31-9-6-20-45-31)40(35)19-18-25-7-4-3-5-8-25/h3-17,20,30H,18-19,21-23H2,1-2H3,(H,36,43)/t30-/m1/s1. The molecule has 6 rings (SSSR count). The molecule has 3 aromatic carbocycles. The van der Waals surface area contributed by atoms with Crippen molar-refractivity contribution in [2.24, 2.45) is 5.10 Å². The highest BCUT2D eigenvalue weighted by Gasteiger charge is 2.33. The maximum Gasteiger partial charge on any atom is 0.261 e. The zero-order chi connectivity index (χ0) is 31.9. The van der Waals surface area contributed by atoms with E-state index in [9.17, 15) is 9.59 Å². The summed E-state index contributed by atoms with van der Waals surface area (Å²) in [7, 11) is 1.64. The van der Waals surface area contributed by atoms with E-state index in [0.717, 1.165) is 34.6 Å². The molecule has 5 aromatic rings. The number of carbonyl (C=O) groups excluding carboxylic acids is 2. The molecule has 0 radical (unpaired) electrons. The Hall–Kier alpha value is -4.74. The predicted molar refractivity (Wildman–Crippen MR) is 181 cm³/mol. The molecule has 2 amide bonds. The SMILES string of the molecule is COc1ccc(C2=NN(C(=O)CSc3nnc(CNC(=O)c4cccs4)n3CCc3ccccc3)[C@@H](c3ccc(C)cc3)C2)cc1. The number of thiophene rings is 1. The Bertz CT molecular complexity index is 1800. The Kier molecular flexibility index (Phi) is 9.90. The molecule has 2 aromatic heterocycles. The van der Waals surface area contributed by atoms with E-state index in [0.29, 0.717) is 28.8 Å². The molecule has 0 fully saturated rings. The van der Waals surface area contributed by atoms with Crippen LogP contribution in [0.4, 0.5) is 0 Å². The molecule has 0 bridgehead atoms. The zero-order valence-corrected chi connectivity index (χ0v) is 27.3. The van der Waals surface area contributed by atoms with E-state index in [-0.39, 0.29) is 30.2 Å². The Balaban J connectivity index is 1.21. The van der Waals surface area contributed by atoms with Gasteiger partial charge in [0, 0.05) is 13.0 Å². The van der Waals surface area contributed by atoms with Gasteiger partial charge in [-0.3, -0.25) is 9.59 Å². The molecule has 11 heteroatoms. The summed E-state index contributed by atoms with van der Waals surface area (Å²) in [6, 6.07) is 29.6. The summed E-state index contributed by atoms with van der Waals surface area (Å²) in [5.41, 5.74) is 5.17. The number of nitrogens with one attached hydrogen (secondary N) is 1. The summed E-state index contributed by atoms with van der Waals surface area (Å²) in [6.45, 7) is 2.88. The first-order valence-electron chi connectivity index (χ1n) is 15.0. The van der Waals surface area contributed by atoms with Gasteiger partial charge >= 0.3 is 0 Å². The number of nitrogens with zero attached hydrogens (tertiary/aromatic N) is 5. The van der Waals surface area contributed by atoms with E-state index in [1.807, 2.05) is 65.4 Å². The van der Waals surface area contributed by atoms with Gasteiger partial charge in [0.15, 0.2) is 11.0 Å². The minimum Gasteiger partial charge on any atom is -0.497 e. The van der Waals surface area contributed by atoms with Crippen LogP contribution in [0.3, 0.4) is 0 Å². The minimum absolute atomic E-state index is 0.121. The molecule has 0 spiro atoms. The van der Waals surface area contributed by atoms with Gasteiger partial charge in [0.1, 0.15) is 5.75 Å². The number of carbonyl (C=O) groups is 2. The average Bonchev–Trinajstić information content (AvgIpc) is 3.87. The normalized spacial score (nSPS) is 14.3. The summed E-state index contributed by atoms with van der Waals surface area (Å²) in [5, 5.41) is 20.8. The topological polar surface area (TPSA) is 102 Å². The van der Waals surface area contributed by atoms with Crippen LogP contribution < -0.4 is 10.1 Å². The van der Waals surface area contributed by atoms with Crippen molar-refractivity contribution >= 4 is 40.6 Å². The number of thioether (sulfide) groups is 1. The van der Waals surface area contributed by atoms with Gasteiger partial charge in [0.25, 0.3) is 11.8 Å². The Morgan fingerprint density at radius 2 is 1.76 bits per heavy atom. The summed E-state index contributed by atoms with van der Waals surface area (Å²) in [6.07, 6.45) is 1.36. The maximum absolute atomic E-state index is 13.9. The number of hydrogen-bond acceptors (Lipinski definition) is 8. The molecule has 1 aliphatic heterocycles. The van der Waals surface area contributed by atoms with Crippen LogP contribution in [0, 0.1) is 6.92 Å². The summed E-state index contributed by atoms with van der Waals surface area (Å²) in [5.74, 6) is 1.26. The van der Waals surface area contributed by atoms with E-state index in [2.05, 4.69) is 51.9 Å². The Morgan fingerprint density at radius 3 is 2.48 bits per heavy atom. The number of ether oxygens (including phenoxy) is 1. The lowest BCUT2D eigenvalue weighted by Gasteiger charge is -2.22. The summed E-state index contributed by atoms with van der Waals surface area (Å²) >= 11 is 2.72. The maximum atomic E-state index is 13.9. The third-order valence-electron chi connectivity index (χ3n) is 7.79. The highest BCUT2D eigenvalue weighted by atomic mass is 32.2. The number of hydrogen-bond donors (Lipinski definition) is 1. The predicted octanol–water partition coefficient (Wildman–Crippen LogP) is 6.30. The molecule has 46 heavy (non-hydrogen) atoms. The quantitative estimate of drug-likeness (QED) is 0.159. The number of hydrazone groups is 1. The highest BCUT2D eigenvalue weighted by Crippen LogP contribution is 2.34. The molecule has 0 saturated carbocycles. The third kappa shape index (κ3) is 7.38. The Morgan fingerprint density at radius 1 is 0.978 bits per heavy atom. The molecular formula is C35H34N6O3S2. The van der Waals surface area contributed by atoms with Crippen molar-refractivity contribution in [1.29, 1.82) is 0 Å². The van der Waals surface area contributed by atoms with Crippen LogP contribution in [-0.2, 0) is 24.3 Å². The number of benzene rings is 3. The van der Waals surface area contributed by atoms with E-state index < -0.39 is 0 Å². The van der Waals surface area contributed by atoms with Gasteiger partial charge in [-0.2, -0.15) is 5.10 Å². The van der Waals surface area contributed by atoms with Crippen molar-refractivity contribution < 1.29 is 14.3 Å². The number of rotatable bonds is 12. The van der Waals surface area contributed by atoms with Crippen molar-refractivity contribution in [2.75, 3.05) is 12.9 Å². The zero-order valence-electron chi connectivity index (χ0n) is 25.6. The van der Waals surface area contributed by atoms with Crippen LogP contribution in [0.25, 0.3) is 0 Å². The highest BCUT2D eigenvalue weighted by molar-refractivity contribution is 7.99. The van der Waals surface area contributed by atoms with Gasteiger partial charge < -0.3 is 14.6 Å². The Labute approximate surface area is 276 Å². The van der Waals surface area contributed by atoms with Crippen molar-refractivity contribution in [3.05, 3.63) is 129 Å². The number of aryl methyl sites for hydroxylation is 2. The lowest BCUT2D eigenvalue weighted by Crippen LogP contribution is -2.28. The van der Waals surface area contributed by atoms with Crippen molar-refractivity contribution in [2.45, 2.75) is 44.1 Å². The first-order chi connectivity index (χ1) is 22.5. The second-order valence-electron chi connectivity index (χ2n) is 10.9. The summed E-state index contributed by atoms with van der Waals surface area (Å²) < 4.78 is 7.32. The lowest BCUT2D eigenvalue weighted by atomic mass is 9.97. The molecule has 1 aliphatic rings. The molecule has 1 atom stereocenters. The first kappa shape index (κ1) is 31.3. The second kappa shape index (κ2) is 14.6. The fraction of sp³-hybridized carbons (Fsp3) is 0.229. The third-order valence-corrected chi connectivity index (χ3v) is 9.61. The molecule has 9 nitrogen and oxygen atoms in total. The van der Waals surface area contributed by atoms with E-state index in [4.69, 9.17) is 9.84 Å². The summed E-state index contributed by atoms with van der Waals surface area (Å²) in [4.78, 5) is 27.1. The molecule has 0 saturated heterocycles. The van der Waals surface area contributed by atoms with Crippen LogP contribution in [0.15, 0.2) is 107 Å². The molecule has 234 valence electrons. The number of amides is 2. The van der Waals surface area contributed by atoms with E-state index >= 15 is 0 Å². The van der Waals surface area contributed by atoms with Crippen molar-refractivity contribution in [3.63, 3.8) is 0 Å². The molecule has 0 unspecified atom stereocenters. The number of aromatic nitrogens is 3. The van der Waals surface area contributed by atoms with Crippen LogP contribution in [-0.4, -0.2) is 50.2 Å². The van der Waals surface area contributed by atoms with Gasteiger partial charge in [-0.05, 0) is 65.7 Å².